The van der Waals surface area contributed by atoms with Gasteiger partial charge in [0.1, 0.15) is 5.52 Å². The smallest absolute Gasteiger partial charge is 0.240 e. The number of nitrogens with zero attached hydrogens (tertiary/aromatic N) is 3. The Morgan fingerprint density at radius 2 is 2.18 bits per heavy atom. The van der Waals surface area contributed by atoms with Crippen LogP contribution in [0.5, 0.6) is 0 Å². The van der Waals surface area contributed by atoms with Crippen molar-refractivity contribution in [3.05, 3.63) is 30.0 Å². The fourth-order valence-corrected chi connectivity index (χ4v) is 1.63. The molecule has 0 unspecified atom stereocenters. The van der Waals surface area contributed by atoms with E-state index in [2.05, 4.69) is 15.1 Å². The van der Waals surface area contributed by atoms with Gasteiger partial charge in [-0.05, 0) is 18.2 Å². The molecule has 0 radical (unpaired) electrons. The summed E-state index contributed by atoms with van der Waals surface area (Å²) in [6.07, 6.45) is 0. The average Bonchev–Trinajstić information content (AvgIpc) is 2.92. The highest BCUT2D eigenvalue weighted by Crippen LogP contribution is 2.22. The summed E-state index contributed by atoms with van der Waals surface area (Å²) in [6, 6.07) is 5.57. The lowest BCUT2D eigenvalue weighted by Gasteiger charge is -1.92. The van der Waals surface area contributed by atoms with Gasteiger partial charge < -0.3 is 14.7 Å². The second kappa shape index (κ2) is 3.67. The number of rotatable bonds is 2. The van der Waals surface area contributed by atoms with Crippen LogP contribution in [0.25, 0.3) is 22.5 Å². The molecule has 0 bridgehead atoms. The lowest BCUT2D eigenvalue weighted by Crippen LogP contribution is -1.95. The number of hydrogen-bond acceptors (Lipinski definition) is 6. The molecule has 6 heteroatoms. The van der Waals surface area contributed by atoms with Crippen LogP contribution in [-0.4, -0.2) is 15.1 Å². The second-order valence-corrected chi connectivity index (χ2v) is 3.63. The maximum absolute atomic E-state index is 5.44. The first-order valence-corrected chi connectivity index (χ1v) is 5.16. The van der Waals surface area contributed by atoms with E-state index in [9.17, 15) is 0 Å². The first kappa shape index (κ1) is 9.98. The van der Waals surface area contributed by atoms with E-state index < -0.39 is 0 Å². The lowest BCUT2D eigenvalue weighted by atomic mass is 10.2. The molecule has 2 N–H and O–H groups in total. The van der Waals surface area contributed by atoms with Gasteiger partial charge in [0.2, 0.25) is 11.7 Å². The van der Waals surface area contributed by atoms with Crippen molar-refractivity contribution >= 4 is 11.1 Å². The first-order valence-electron chi connectivity index (χ1n) is 5.16. The summed E-state index contributed by atoms with van der Waals surface area (Å²) in [4.78, 5) is 8.37. The molecule has 6 nitrogen and oxygen atoms in total. The fraction of sp³-hybridized carbons (Fsp3) is 0.182. The third-order valence-electron chi connectivity index (χ3n) is 2.40. The van der Waals surface area contributed by atoms with E-state index in [1.807, 2.05) is 18.2 Å². The second-order valence-electron chi connectivity index (χ2n) is 3.63. The highest BCUT2D eigenvalue weighted by atomic mass is 16.5. The third kappa shape index (κ3) is 1.68. The third-order valence-corrected chi connectivity index (χ3v) is 2.40. The topological polar surface area (TPSA) is 91.0 Å². The van der Waals surface area contributed by atoms with Crippen LogP contribution < -0.4 is 5.73 Å². The number of nitrogens with two attached hydrogens (primary N) is 1. The molecule has 0 saturated carbocycles. The number of aromatic nitrogens is 3. The van der Waals surface area contributed by atoms with E-state index >= 15 is 0 Å². The summed E-state index contributed by atoms with van der Waals surface area (Å²) >= 11 is 0. The summed E-state index contributed by atoms with van der Waals surface area (Å²) in [5, 5.41) is 3.84. The van der Waals surface area contributed by atoms with E-state index in [4.69, 9.17) is 14.7 Å². The molecule has 0 atom stereocenters. The van der Waals surface area contributed by atoms with Crippen LogP contribution in [0.1, 0.15) is 11.8 Å². The predicted octanol–water partition coefficient (Wildman–Crippen LogP) is 1.64. The number of hydrogen-bond donors (Lipinski definition) is 1. The van der Waals surface area contributed by atoms with Crippen LogP contribution >= 0.6 is 0 Å². The normalized spacial score (nSPS) is 11.2. The largest absolute Gasteiger partial charge is 0.441 e. The molecule has 0 saturated heterocycles. The van der Waals surface area contributed by atoms with Crippen LogP contribution in [0.2, 0.25) is 0 Å². The molecular weight excluding hydrogens is 220 g/mol. The van der Waals surface area contributed by atoms with Crippen LogP contribution in [0, 0.1) is 6.92 Å². The van der Waals surface area contributed by atoms with Gasteiger partial charge in [-0.25, -0.2) is 4.98 Å². The van der Waals surface area contributed by atoms with Crippen molar-refractivity contribution in [3.8, 4) is 11.4 Å². The van der Waals surface area contributed by atoms with E-state index in [-0.39, 0.29) is 6.54 Å². The van der Waals surface area contributed by atoms with Gasteiger partial charge in [0.05, 0.1) is 6.54 Å². The van der Waals surface area contributed by atoms with Gasteiger partial charge >= 0.3 is 0 Å². The molecule has 0 fully saturated rings. The lowest BCUT2D eigenvalue weighted by molar-refractivity contribution is 0.380. The monoisotopic (exact) mass is 230 g/mol. The van der Waals surface area contributed by atoms with Gasteiger partial charge in [-0.3, -0.25) is 0 Å². The Morgan fingerprint density at radius 1 is 1.29 bits per heavy atom. The van der Waals surface area contributed by atoms with Gasteiger partial charge in [-0.1, -0.05) is 5.16 Å². The Hall–Kier alpha value is -2.21. The zero-order chi connectivity index (χ0) is 11.8. The molecule has 0 aliphatic heterocycles. The molecule has 2 heterocycles. The minimum Gasteiger partial charge on any atom is -0.441 e. The average molecular weight is 230 g/mol. The van der Waals surface area contributed by atoms with Gasteiger partial charge in [0, 0.05) is 12.5 Å². The summed E-state index contributed by atoms with van der Waals surface area (Å²) in [6.45, 7) is 2.04. The van der Waals surface area contributed by atoms with Crippen molar-refractivity contribution in [1.29, 1.82) is 0 Å². The molecule has 3 aromatic rings. The molecular formula is C11H10N4O2. The Bertz CT molecular complexity index is 671. The quantitative estimate of drug-likeness (QED) is 0.719. The molecule has 17 heavy (non-hydrogen) atoms. The van der Waals surface area contributed by atoms with Crippen LogP contribution in [0.4, 0.5) is 0 Å². The van der Waals surface area contributed by atoms with Gasteiger partial charge in [-0.2, -0.15) is 4.98 Å². The zero-order valence-electron chi connectivity index (χ0n) is 9.17. The Morgan fingerprint density at radius 3 is 2.94 bits per heavy atom. The van der Waals surface area contributed by atoms with Gasteiger partial charge in [0.25, 0.3) is 0 Å². The molecule has 86 valence electrons. The minimum atomic E-state index is 0.233. The highest BCUT2D eigenvalue weighted by Gasteiger charge is 2.10. The van der Waals surface area contributed by atoms with E-state index in [0.717, 1.165) is 11.1 Å². The van der Waals surface area contributed by atoms with Crippen molar-refractivity contribution in [2.75, 3.05) is 0 Å². The molecule has 0 spiro atoms. The van der Waals surface area contributed by atoms with Crippen LogP contribution in [-0.2, 0) is 6.54 Å². The number of benzene rings is 1. The van der Waals surface area contributed by atoms with Crippen molar-refractivity contribution in [1.82, 2.24) is 15.1 Å². The molecule has 0 aliphatic rings. The SMILES string of the molecule is Cc1nc2ccc(-c3noc(CN)n3)cc2o1. The molecule has 0 amide bonds. The van der Waals surface area contributed by atoms with Crippen LogP contribution in [0.15, 0.2) is 27.1 Å². The number of fused-ring (bicyclic) bond motifs is 1. The van der Waals surface area contributed by atoms with Crippen molar-refractivity contribution < 1.29 is 8.94 Å². The maximum Gasteiger partial charge on any atom is 0.240 e. The summed E-state index contributed by atoms with van der Waals surface area (Å²) in [7, 11) is 0. The standard InChI is InChI=1S/C11H10N4O2/c1-6-13-8-3-2-7(4-9(8)16-6)11-14-10(5-12)17-15-11/h2-4H,5,12H2,1H3. The zero-order valence-corrected chi connectivity index (χ0v) is 9.17. The van der Waals surface area contributed by atoms with E-state index in [1.54, 1.807) is 6.92 Å². The van der Waals surface area contributed by atoms with Gasteiger partial charge in [0.15, 0.2) is 11.5 Å². The van der Waals surface area contributed by atoms with Crippen molar-refractivity contribution in [2.45, 2.75) is 13.5 Å². The van der Waals surface area contributed by atoms with Crippen molar-refractivity contribution in [2.24, 2.45) is 5.73 Å². The highest BCUT2D eigenvalue weighted by molar-refractivity contribution is 5.78. The maximum atomic E-state index is 5.44. The van der Waals surface area contributed by atoms with E-state index in [1.165, 1.54) is 0 Å². The summed E-state index contributed by atoms with van der Waals surface area (Å²) in [5.74, 6) is 1.54. The summed E-state index contributed by atoms with van der Waals surface area (Å²) < 4.78 is 10.4. The summed E-state index contributed by atoms with van der Waals surface area (Å²) in [5.41, 5.74) is 7.75. The first-order chi connectivity index (χ1) is 8.26. The predicted molar refractivity (Wildman–Crippen MR) is 59.9 cm³/mol. The van der Waals surface area contributed by atoms with Gasteiger partial charge in [-0.15, -0.1) is 0 Å². The minimum absolute atomic E-state index is 0.233. The van der Waals surface area contributed by atoms with E-state index in [0.29, 0.717) is 23.2 Å². The molecule has 1 aromatic carbocycles. The molecule has 3 rings (SSSR count). The van der Waals surface area contributed by atoms with Crippen molar-refractivity contribution in [3.63, 3.8) is 0 Å². The van der Waals surface area contributed by atoms with Crippen LogP contribution in [0.3, 0.4) is 0 Å². The molecule has 0 aliphatic carbocycles. The number of aryl methyl sites for hydroxylation is 1. The number of oxazole rings is 1. The molecule has 2 aromatic heterocycles. The Balaban J connectivity index is 2.10. The fourth-order valence-electron chi connectivity index (χ4n) is 1.63. The Labute approximate surface area is 96.4 Å². The Kier molecular flexibility index (Phi) is 2.15.